The molecule has 1 heterocycles. The average Bonchev–Trinajstić information content (AvgIpc) is 2.64. The highest BCUT2D eigenvalue weighted by Crippen LogP contribution is 2.18. The van der Waals surface area contributed by atoms with Gasteiger partial charge in [-0.1, -0.05) is 24.3 Å². The van der Waals surface area contributed by atoms with Crippen LogP contribution < -0.4 is 4.74 Å². The van der Waals surface area contributed by atoms with Crippen molar-refractivity contribution in [2.75, 3.05) is 13.7 Å². The Bertz CT molecular complexity index is 632. The summed E-state index contributed by atoms with van der Waals surface area (Å²) in [6, 6.07) is 7.54. The molecule has 0 aliphatic carbocycles. The Labute approximate surface area is 153 Å². The van der Waals surface area contributed by atoms with Crippen LogP contribution in [0.2, 0.25) is 0 Å². The fraction of sp³-hybridized carbons (Fsp3) is 0.450. The van der Waals surface area contributed by atoms with Crippen molar-refractivity contribution >= 4 is 5.97 Å². The lowest BCUT2D eigenvalue weighted by Gasteiger charge is -2.26. The summed E-state index contributed by atoms with van der Waals surface area (Å²) in [5.41, 5.74) is -0.434. The molecule has 3 atom stereocenters. The lowest BCUT2D eigenvalue weighted by atomic mass is 9.95. The third-order valence-electron chi connectivity index (χ3n) is 4.18. The van der Waals surface area contributed by atoms with Crippen molar-refractivity contribution < 1.29 is 29.2 Å². The van der Waals surface area contributed by atoms with Gasteiger partial charge in [-0.3, -0.25) is 0 Å². The van der Waals surface area contributed by atoms with Gasteiger partial charge in [0.25, 0.3) is 0 Å². The molecular formula is C20H26O6. The molecule has 26 heavy (non-hydrogen) atoms. The lowest BCUT2D eigenvalue weighted by molar-refractivity contribution is -0.141. The highest BCUT2D eigenvalue weighted by atomic mass is 16.5. The first kappa shape index (κ1) is 20.2. The molecule has 0 bridgehead atoms. The Hall–Kier alpha value is -2.15. The van der Waals surface area contributed by atoms with E-state index in [2.05, 4.69) is 0 Å². The summed E-state index contributed by atoms with van der Waals surface area (Å²) in [6.45, 7) is 2.23. The monoisotopic (exact) mass is 362 g/mol. The first-order chi connectivity index (χ1) is 12.4. The number of benzene rings is 1. The number of esters is 1. The SMILES string of the molecule is COc1ccc(COCC[C@@H](O)[C@](C)(O)/C=C/[C@H]2CC=CC(=O)O2)cc1. The number of methoxy groups -OCH3 is 1. The van der Waals surface area contributed by atoms with Crippen molar-refractivity contribution in [2.24, 2.45) is 0 Å². The van der Waals surface area contributed by atoms with Gasteiger partial charge in [0.1, 0.15) is 17.5 Å². The highest BCUT2D eigenvalue weighted by Gasteiger charge is 2.27. The van der Waals surface area contributed by atoms with Crippen molar-refractivity contribution in [3.8, 4) is 5.75 Å². The number of rotatable bonds is 9. The van der Waals surface area contributed by atoms with Gasteiger partial charge in [-0.15, -0.1) is 0 Å². The molecule has 142 valence electrons. The van der Waals surface area contributed by atoms with Gasteiger partial charge in [0.15, 0.2) is 0 Å². The van der Waals surface area contributed by atoms with E-state index in [1.165, 1.54) is 19.1 Å². The molecule has 1 aliphatic heterocycles. The smallest absolute Gasteiger partial charge is 0.331 e. The largest absolute Gasteiger partial charge is 0.497 e. The zero-order valence-corrected chi connectivity index (χ0v) is 15.1. The second-order valence-electron chi connectivity index (χ2n) is 6.40. The lowest BCUT2D eigenvalue weighted by Crippen LogP contribution is -2.38. The van der Waals surface area contributed by atoms with E-state index in [9.17, 15) is 15.0 Å². The Kier molecular flexibility index (Phi) is 7.38. The van der Waals surface area contributed by atoms with Crippen LogP contribution in [0.15, 0.2) is 48.6 Å². The number of ether oxygens (including phenoxy) is 3. The van der Waals surface area contributed by atoms with Gasteiger partial charge in [0.2, 0.25) is 0 Å². The minimum absolute atomic E-state index is 0.276. The fourth-order valence-electron chi connectivity index (χ4n) is 2.47. The molecule has 0 amide bonds. The van der Waals surface area contributed by atoms with E-state index in [4.69, 9.17) is 14.2 Å². The molecule has 0 saturated heterocycles. The van der Waals surface area contributed by atoms with Crippen LogP contribution in [-0.4, -0.2) is 47.7 Å². The predicted molar refractivity (Wildman–Crippen MR) is 96.7 cm³/mol. The maximum Gasteiger partial charge on any atom is 0.331 e. The van der Waals surface area contributed by atoms with E-state index in [0.29, 0.717) is 19.6 Å². The van der Waals surface area contributed by atoms with Gasteiger partial charge < -0.3 is 24.4 Å². The molecule has 0 radical (unpaired) electrons. The number of cyclic esters (lactones) is 1. The van der Waals surface area contributed by atoms with E-state index < -0.39 is 23.8 Å². The number of carbonyl (C=O) groups excluding carboxylic acids is 1. The second kappa shape index (κ2) is 9.52. The van der Waals surface area contributed by atoms with Crippen molar-refractivity contribution in [1.29, 1.82) is 0 Å². The average molecular weight is 362 g/mol. The van der Waals surface area contributed by atoms with Crippen molar-refractivity contribution in [3.63, 3.8) is 0 Å². The molecular weight excluding hydrogens is 336 g/mol. The molecule has 2 N–H and O–H groups in total. The van der Waals surface area contributed by atoms with Crippen LogP contribution in [0.4, 0.5) is 0 Å². The molecule has 1 aliphatic rings. The number of hydrogen-bond acceptors (Lipinski definition) is 6. The Morgan fingerprint density at radius 1 is 1.38 bits per heavy atom. The molecule has 0 unspecified atom stereocenters. The van der Waals surface area contributed by atoms with Crippen LogP contribution in [0, 0.1) is 0 Å². The minimum Gasteiger partial charge on any atom is -0.497 e. The summed E-state index contributed by atoms with van der Waals surface area (Å²) in [6.07, 6.45) is 5.58. The number of carbonyl (C=O) groups is 1. The zero-order chi connectivity index (χ0) is 19.0. The fourth-order valence-corrected chi connectivity index (χ4v) is 2.47. The summed E-state index contributed by atoms with van der Waals surface area (Å²) in [5.74, 6) is 0.379. The van der Waals surface area contributed by atoms with Gasteiger partial charge in [0.05, 0.1) is 19.8 Å². The van der Waals surface area contributed by atoms with E-state index in [1.807, 2.05) is 24.3 Å². The van der Waals surface area contributed by atoms with E-state index in [0.717, 1.165) is 11.3 Å². The maximum absolute atomic E-state index is 11.2. The van der Waals surface area contributed by atoms with Gasteiger partial charge in [-0.2, -0.15) is 0 Å². The Morgan fingerprint density at radius 3 is 2.77 bits per heavy atom. The molecule has 6 nitrogen and oxygen atoms in total. The number of aliphatic hydroxyl groups excluding tert-OH is 1. The standard InChI is InChI=1S/C20H26O6/c1-20(23,12-10-17-4-3-5-19(22)26-17)18(21)11-13-25-14-15-6-8-16(24-2)9-7-15/h3,5-10,12,17-18,21,23H,4,11,13-14H2,1-2H3/b12-10+/t17-,18-,20-/m1/s1. The van der Waals surface area contributed by atoms with Crippen LogP contribution in [0.1, 0.15) is 25.3 Å². The summed E-state index contributed by atoms with van der Waals surface area (Å²) >= 11 is 0. The van der Waals surface area contributed by atoms with Gasteiger partial charge >= 0.3 is 5.97 Å². The first-order valence-corrected chi connectivity index (χ1v) is 8.58. The van der Waals surface area contributed by atoms with Crippen LogP contribution >= 0.6 is 0 Å². The summed E-state index contributed by atoms with van der Waals surface area (Å²) in [5, 5.41) is 20.6. The van der Waals surface area contributed by atoms with Crippen molar-refractivity contribution in [3.05, 3.63) is 54.1 Å². The van der Waals surface area contributed by atoms with Gasteiger partial charge in [0, 0.05) is 19.1 Å². The molecule has 0 aromatic heterocycles. The normalized spacial score (nSPS) is 20.6. The maximum atomic E-state index is 11.2. The van der Waals surface area contributed by atoms with E-state index in [-0.39, 0.29) is 6.42 Å². The van der Waals surface area contributed by atoms with E-state index >= 15 is 0 Å². The third-order valence-corrected chi connectivity index (χ3v) is 4.18. The van der Waals surface area contributed by atoms with Crippen molar-refractivity contribution in [2.45, 2.75) is 44.2 Å². The van der Waals surface area contributed by atoms with Crippen molar-refractivity contribution in [1.82, 2.24) is 0 Å². The summed E-state index contributed by atoms with van der Waals surface area (Å²) in [7, 11) is 1.61. The Morgan fingerprint density at radius 2 is 2.12 bits per heavy atom. The molecule has 0 saturated carbocycles. The third kappa shape index (κ3) is 6.29. The number of hydrogen-bond donors (Lipinski definition) is 2. The predicted octanol–water partition coefficient (Wildman–Crippen LogP) is 2.14. The van der Waals surface area contributed by atoms with Crippen LogP contribution in [-0.2, 0) is 20.9 Å². The first-order valence-electron chi connectivity index (χ1n) is 8.58. The topological polar surface area (TPSA) is 85.2 Å². The minimum atomic E-state index is -1.43. The molecule has 1 aromatic carbocycles. The van der Waals surface area contributed by atoms with Gasteiger partial charge in [-0.25, -0.2) is 4.79 Å². The molecule has 1 aromatic rings. The van der Waals surface area contributed by atoms with Crippen LogP contribution in [0.5, 0.6) is 5.75 Å². The molecule has 0 spiro atoms. The summed E-state index contributed by atoms with van der Waals surface area (Å²) < 4.78 is 15.7. The molecule has 0 fully saturated rings. The quantitative estimate of drug-likeness (QED) is 0.398. The highest BCUT2D eigenvalue weighted by molar-refractivity contribution is 5.82. The van der Waals surface area contributed by atoms with Crippen LogP contribution in [0.25, 0.3) is 0 Å². The molecule has 2 rings (SSSR count). The molecule has 6 heteroatoms. The Balaban J connectivity index is 1.73. The van der Waals surface area contributed by atoms with Gasteiger partial charge in [-0.05, 0) is 37.1 Å². The van der Waals surface area contributed by atoms with Crippen LogP contribution in [0.3, 0.4) is 0 Å². The number of aliphatic hydroxyl groups is 2. The summed E-state index contributed by atoms with van der Waals surface area (Å²) in [4.78, 5) is 11.2. The van der Waals surface area contributed by atoms with E-state index in [1.54, 1.807) is 19.3 Å². The zero-order valence-electron chi connectivity index (χ0n) is 15.1. The second-order valence-corrected chi connectivity index (χ2v) is 6.40.